The Labute approximate surface area is 294 Å². The molecule has 3 aromatic carbocycles. The molecule has 0 unspecified atom stereocenters. The summed E-state index contributed by atoms with van der Waals surface area (Å²) >= 11 is 12.7. The van der Waals surface area contributed by atoms with E-state index in [1.165, 1.54) is 0 Å². The number of carbonyl (C=O) groups excluding carboxylic acids is 2. The molecule has 1 aliphatic rings. The molecule has 2 amide bonds. The molecular formula is C38H35Cl2N7O2. The van der Waals surface area contributed by atoms with Gasteiger partial charge in [0, 0.05) is 64.3 Å². The molecule has 0 aliphatic carbocycles. The van der Waals surface area contributed by atoms with Crippen LogP contribution in [0.1, 0.15) is 48.8 Å². The van der Waals surface area contributed by atoms with E-state index in [1.807, 2.05) is 91.3 Å². The van der Waals surface area contributed by atoms with E-state index in [0.717, 1.165) is 46.3 Å². The lowest BCUT2D eigenvalue weighted by Crippen LogP contribution is -2.44. The monoisotopic (exact) mass is 691 g/mol. The number of aromatic amines is 1. The van der Waals surface area contributed by atoms with Crippen molar-refractivity contribution in [2.24, 2.45) is 0 Å². The predicted molar refractivity (Wildman–Crippen MR) is 196 cm³/mol. The molecule has 4 heterocycles. The number of carbonyl (C=O) groups is 2. The summed E-state index contributed by atoms with van der Waals surface area (Å²) in [6.45, 7) is 5.04. The van der Waals surface area contributed by atoms with Gasteiger partial charge in [0.1, 0.15) is 5.69 Å². The van der Waals surface area contributed by atoms with Crippen molar-refractivity contribution in [1.29, 1.82) is 0 Å². The molecule has 9 nitrogen and oxygen atoms in total. The number of aromatic nitrogens is 4. The third-order valence-corrected chi connectivity index (χ3v) is 9.56. The van der Waals surface area contributed by atoms with Crippen LogP contribution in [0.3, 0.4) is 0 Å². The van der Waals surface area contributed by atoms with Crippen LogP contribution < -0.4 is 15.5 Å². The molecule has 1 saturated heterocycles. The second kappa shape index (κ2) is 13.8. The Hall–Kier alpha value is -5.12. The molecule has 7 rings (SSSR count). The third kappa shape index (κ3) is 6.64. The van der Waals surface area contributed by atoms with E-state index in [9.17, 15) is 9.59 Å². The summed E-state index contributed by atoms with van der Waals surface area (Å²) in [5, 5.41) is 8.23. The van der Waals surface area contributed by atoms with Crippen molar-refractivity contribution >= 4 is 57.4 Å². The largest absolute Gasteiger partial charge is 0.355 e. The highest BCUT2D eigenvalue weighted by atomic mass is 35.5. The molecule has 1 atom stereocenters. The van der Waals surface area contributed by atoms with Gasteiger partial charge in [-0.2, -0.15) is 0 Å². The second-order valence-corrected chi connectivity index (χ2v) is 13.2. The van der Waals surface area contributed by atoms with Crippen molar-refractivity contribution in [2.45, 2.75) is 38.8 Å². The number of hydrogen-bond donors (Lipinski definition) is 3. The molecule has 3 aromatic heterocycles. The van der Waals surface area contributed by atoms with Crippen molar-refractivity contribution in [3.05, 3.63) is 119 Å². The van der Waals surface area contributed by atoms with E-state index in [1.54, 1.807) is 13.1 Å². The average molecular weight is 693 g/mol. The number of imidazole rings is 1. The summed E-state index contributed by atoms with van der Waals surface area (Å²) in [5.74, 6) is 0.332. The number of benzene rings is 3. The third-order valence-electron chi connectivity index (χ3n) is 9.07. The van der Waals surface area contributed by atoms with Crippen molar-refractivity contribution in [2.75, 3.05) is 23.3 Å². The Kier molecular flexibility index (Phi) is 9.12. The minimum absolute atomic E-state index is 0.0287. The van der Waals surface area contributed by atoms with Gasteiger partial charge in [0.05, 0.1) is 29.4 Å². The molecule has 6 aromatic rings. The van der Waals surface area contributed by atoms with Gasteiger partial charge in [-0.15, -0.1) is 0 Å². The fourth-order valence-corrected chi connectivity index (χ4v) is 6.95. The van der Waals surface area contributed by atoms with Crippen LogP contribution in [0.25, 0.3) is 33.4 Å². The summed E-state index contributed by atoms with van der Waals surface area (Å²) in [4.78, 5) is 41.3. The normalized spacial score (nSPS) is 14.2. The average Bonchev–Trinajstić information content (AvgIpc) is 3.70. The van der Waals surface area contributed by atoms with Gasteiger partial charge in [-0.1, -0.05) is 71.7 Å². The molecule has 248 valence electrons. The van der Waals surface area contributed by atoms with E-state index in [2.05, 4.69) is 37.0 Å². The van der Waals surface area contributed by atoms with Crippen LogP contribution in [0.2, 0.25) is 10.0 Å². The van der Waals surface area contributed by atoms with Crippen LogP contribution in [0, 0.1) is 0 Å². The minimum atomic E-state index is -0.324. The van der Waals surface area contributed by atoms with Crippen LogP contribution in [-0.4, -0.2) is 50.5 Å². The standard InChI is InChI=1S/C38H35Cl2N7O2/c1-23(25-10-12-27(39)13-11-25)47-22-42-34(26-7-4-3-5-8-26)36(47)33-30-15-14-28(40)21-32(30)44-35(33)38(49)45-31-9-6-18-41-37(31)46-19-16-29(17-20-46)43-24(2)48/h3-15,18,21-23,29,44H,16-17,19-20H2,1-2H3,(H,43,48)(H,45,49)/t23-/m0/s1. The number of rotatable bonds is 8. The lowest BCUT2D eigenvalue weighted by Gasteiger charge is -2.33. The van der Waals surface area contributed by atoms with Gasteiger partial charge in [-0.25, -0.2) is 9.97 Å². The van der Waals surface area contributed by atoms with Crippen LogP contribution in [0.5, 0.6) is 0 Å². The maximum absolute atomic E-state index is 14.5. The van der Waals surface area contributed by atoms with Crippen LogP contribution >= 0.6 is 23.2 Å². The molecule has 1 fully saturated rings. The lowest BCUT2D eigenvalue weighted by molar-refractivity contribution is -0.119. The van der Waals surface area contributed by atoms with Gasteiger partial charge < -0.3 is 25.1 Å². The Balaban J connectivity index is 1.33. The molecule has 1 aliphatic heterocycles. The van der Waals surface area contributed by atoms with Gasteiger partial charge in [0.2, 0.25) is 5.91 Å². The first-order chi connectivity index (χ1) is 23.8. The van der Waals surface area contributed by atoms with Crippen LogP contribution in [-0.2, 0) is 4.79 Å². The van der Waals surface area contributed by atoms with Crippen molar-refractivity contribution in [1.82, 2.24) is 24.8 Å². The lowest BCUT2D eigenvalue weighted by atomic mass is 9.99. The van der Waals surface area contributed by atoms with E-state index < -0.39 is 0 Å². The van der Waals surface area contributed by atoms with Crippen LogP contribution in [0.4, 0.5) is 11.5 Å². The zero-order valence-corrected chi connectivity index (χ0v) is 28.6. The summed E-state index contributed by atoms with van der Waals surface area (Å²) in [6.07, 6.45) is 5.13. The molecule has 3 N–H and O–H groups in total. The first-order valence-electron chi connectivity index (χ1n) is 16.2. The molecule has 0 bridgehead atoms. The summed E-state index contributed by atoms with van der Waals surface area (Å²) < 4.78 is 2.11. The number of nitrogens with zero attached hydrogens (tertiary/aromatic N) is 4. The molecule has 0 radical (unpaired) electrons. The number of nitrogens with one attached hydrogen (secondary N) is 3. The highest BCUT2D eigenvalue weighted by Gasteiger charge is 2.29. The molecular weight excluding hydrogens is 657 g/mol. The van der Waals surface area contributed by atoms with E-state index in [4.69, 9.17) is 28.2 Å². The number of amides is 2. The van der Waals surface area contributed by atoms with Crippen LogP contribution in [0.15, 0.2) is 97.5 Å². The SMILES string of the molecule is CC(=O)NC1CCN(c2ncccc2NC(=O)c2[nH]c3cc(Cl)ccc3c2-c2c(-c3ccccc3)ncn2[C@@H](C)c2ccc(Cl)cc2)CC1. The maximum atomic E-state index is 14.5. The van der Waals surface area contributed by atoms with Gasteiger partial charge in [-0.3, -0.25) is 9.59 Å². The topological polar surface area (TPSA) is 108 Å². The quantitative estimate of drug-likeness (QED) is 0.149. The van der Waals surface area contributed by atoms with Gasteiger partial charge >= 0.3 is 0 Å². The fraction of sp³-hybridized carbons (Fsp3) is 0.211. The number of fused-ring (bicyclic) bond motifs is 1. The van der Waals surface area contributed by atoms with E-state index in [0.29, 0.717) is 45.9 Å². The number of hydrogen-bond acceptors (Lipinski definition) is 5. The summed E-state index contributed by atoms with van der Waals surface area (Å²) in [7, 11) is 0. The van der Waals surface area contributed by atoms with Gasteiger partial charge in [-0.05, 0) is 61.7 Å². The molecule has 0 spiro atoms. The Bertz CT molecular complexity index is 2140. The van der Waals surface area contributed by atoms with Crippen molar-refractivity contribution in [3.63, 3.8) is 0 Å². The first kappa shape index (κ1) is 32.4. The number of piperidine rings is 1. The molecule has 49 heavy (non-hydrogen) atoms. The minimum Gasteiger partial charge on any atom is -0.355 e. The summed E-state index contributed by atoms with van der Waals surface area (Å²) in [6, 6.07) is 27.0. The van der Waals surface area contributed by atoms with E-state index >= 15 is 0 Å². The zero-order valence-electron chi connectivity index (χ0n) is 27.1. The number of pyridine rings is 1. The van der Waals surface area contributed by atoms with Gasteiger partial charge in [0.15, 0.2) is 5.82 Å². The molecule has 0 saturated carbocycles. The number of H-pyrrole nitrogens is 1. The highest BCUT2D eigenvalue weighted by molar-refractivity contribution is 6.31. The number of anilines is 2. The first-order valence-corrected chi connectivity index (χ1v) is 17.0. The summed E-state index contributed by atoms with van der Waals surface area (Å²) in [5.41, 5.74) is 5.91. The zero-order chi connectivity index (χ0) is 34.1. The van der Waals surface area contributed by atoms with Crippen molar-refractivity contribution < 1.29 is 9.59 Å². The molecule has 11 heteroatoms. The highest BCUT2D eigenvalue weighted by Crippen LogP contribution is 2.41. The smallest absolute Gasteiger partial charge is 0.272 e. The number of halogens is 2. The maximum Gasteiger partial charge on any atom is 0.272 e. The second-order valence-electron chi connectivity index (χ2n) is 12.3. The van der Waals surface area contributed by atoms with E-state index in [-0.39, 0.29) is 23.9 Å². The van der Waals surface area contributed by atoms with Gasteiger partial charge in [0.25, 0.3) is 5.91 Å². The fourth-order valence-electron chi connectivity index (χ4n) is 6.65. The Morgan fingerprint density at radius 3 is 2.39 bits per heavy atom. The Morgan fingerprint density at radius 2 is 1.65 bits per heavy atom. The van der Waals surface area contributed by atoms with Crippen molar-refractivity contribution in [3.8, 4) is 22.5 Å². The Morgan fingerprint density at radius 1 is 0.918 bits per heavy atom. The predicted octanol–water partition coefficient (Wildman–Crippen LogP) is 8.37.